The molecule has 0 unspecified atom stereocenters. The number of nitrogens with one attached hydrogen (secondary N) is 1. The van der Waals surface area contributed by atoms with Crippen molar-refractivity contribution in [3.63, 3.8) is 0 Å². The quantitative estimate of drug-likeness (QED) is 0.834. The summed E-state index contributed by atoms with van der Waals surface area (Å²) in [5.41, 5.74) is -1.90. The van der Waals surface area contributed by atoms with E-state index in [0.717, 1.165) is 24.3 Å². The van der Waals surface area contributed by atoms with Crippen molar-refractivity contribution in [2.45, 2.75) is 12.8 Å². The second-order valence-corrected chi connectivity index (χ2v) is 4.37. The van der Waals surface area contributed by atoms with E-state index in [9.17, 15) is 26.7 Å². The Bertz CT molecular complexity index is 700. The van der Waals surface area contributed by atoms with Crippen LogP contribution < -0.4 is 10.1 Å². The number of hydrogen-bond donors (Lipinski definition) is 1. The van der Waals surface area contributed by atoms with Gasteiger partial charge in [-0.25, -0.2) is 0 Å². The van der Waals surface area contributed by atoms with E-state index < -0.39 is 29.8 Å². The molecule has 0 bridgehead atoms. The molecule has 23 heavy (non-hydrogen) atoms. The van der Waals surface area contributed by atoms with Crippen LogP contribution in [0, 0.1) is 0 Å². The summed E-state index contributed by atoms with van der Waals surface area (Å²) in [4.78, 5) is 12.1. The molecule has 3 nitrogen and oxygen atoms in total. The summed E-state index contributed by atoms with van der Waals surface area (Å²) in [7, 11) is 0. The lowest BCUT2D eigenvalue weighted by Crippen LogP contribution is -2.19. The van der Waals surface area contributed by atoms with Crippen molar-refractivity contribution in [2.75, 3.05) is 5.32 Å². The highest BCUT2D eigenvalue weighted by molar-refractivity contribution is 6.06. The number of hydrogen-bond acceptors (Lipinski definition) is 2. The minimum Gasteiger partial charge on any atom is -0.433 e. The highest BCUT2D eigenvalue weighted by Crippen LogP contribution is 2.33. The minimum atomic E-state index is -4.72. The lowest BCUT2D eigenvalue weighted by Gasteiger charge is -2.14. The van der Waals surface area contributed by atoms with Crippen molar-refractivity contribution in [1.29, 1.82) is 0 Å². The Morgan fingerprint density at radius 1 is 1.00 bits per heavy atom. The fourth-order valence-electron chi connectivity index (χ4n) is 1.89. The fourth-order valence-corrected chi connectivity index (χ4v) is 1.89. The first-order chi connectivity index (χ1) is 10.8. The summed E-state index contributed by atoms with van der Waals surface area (Å²) in [6, 6.07) is 9.38. The van der Waals surface area contributed by atoms with Gasteiger partial charge in [0.25, 0.3) is 5.91 Å². The van der Waals surface area contributed by atoms with E-state index in [0.29, 0.717) is 0 Å². The van der Waals surface area contributed by atoms with Gasteiger partial charge >= 0.3 is 12.8 Å². The molecule has 0 saturated heterocycles. The molecule has 2 aromatic carbocycles. The first-order valence-corrected chi connectivity index (χ1v) is 6.30. The van der Waals surface area contributed by atoms with Crippen LogP contribution in [0.4, 0.5) is 27.6 Å². The van der Waals surface area contributed by atoms with Crippen molar-refractivity contribution in [2.24, 2.45) is 0 Å². The second-order valence-electron chi connectivity index (χ2n) is 4.37. The standard InChI is InChI=1S/C15H10F5NO2/c16-14(17)23-12-8-4-3-7-11(12)21-13(22)9-5-1-2-6-10(9)15(18,19)20/h1-8,14H,(H,21,22). The van der Waals surface area contributed by atoms with Crippen LogP contribution in [0.15, 0.2) is 48.5 Å². The molecular weight excluding hydrogens is 321 g/mol. The zero-order chi connectivity index (χ0) is 17.0. The maximum Gasteiger partial charge on any atom is 0.417 e. The number of anilines is 1. The zero-order valence-corrected chi connectivity index (χ0v) is 11.4. The lowest BCUT2D eigenvalue weighted by molar-refractivity contribution is -0.137. The third kappa shape index (κ3) is 4.18. The van der Waals surface area contributed by atoms with Crippen LogP contribution >= 0.6 is 0 Å². The maximum atomic E-state index is 12.9. The molecule has 8 heteroatoms. The van der Waals surface area contributed by atoms with E-state index in [1.54, 1.807) is 0 Å². The summed E-state index contributed by atoms with van der Waals surface area (Å²) in [6.07, 6.45) is -4.72. The number of rotatable bonds is 4. The fraction of sp³-hybridized carbons (Fsp3) is 0.133. The SMILES string of the molecule is O=C(Nc1ccccc1OC(F)F)c1ccccc1C(F)(F)F. The molecule has 0 fully saturated rings. The first kappa shape index (κ1) is 16.7. The first-order valence-electron chi connectivity index (χ1n) is 6.30. The number of alkyl halides is 5. The number of para-hydroxylation sites is 2. The third-order valence-corrected chi connectivity index (χ3v) is 2.83. The van der Waals surface area contributed by atoms with E-state index in [1.165, 1.54) is 24.3 Å². The van der Waals surface area contributed by atoms with Gasteiger partial charge in [0.2, 0.25) is 0 Å². The summed E-state index contributed by atoms with van der Waals surface area (Å²) < 4.78 is 67.5. The van der Waals surface area contributed by atoms with Crippen LogP contribution in [0.5, 0.6) is 5.75 Å². The number of carbonyl (C=O) groups excluding carboxylic acids is 1. The summed E-state index contributed by atoms with van der Waals surface area (Å²) >= 11 is 0. The van der Waals surface area contributed by atoms with E-state index in [4.69, 9.17) is 0 Å². The number of amides is 1. The molecular formula is C15H10F5NO2. The normalized spacial score (nSPS) is 11.4. The monoisotopic (exact) mass is 331 g/mol. The van der Waals surface area contributed by atoms with Gasteiger partial charge in [0.05, 0.1) is 16.8 Å². The van der Waals surface area contributed by atoms with Crippen LogP contribution in [0.3, 0.4) is 0 Å². The van der Waals surface area contributed by atoms with Gasteiger partial charge < -0.3 is 10.1 Å². The van der Waals surface area contributed by atoms with Gasteiger partial charge in [-0.15, -0.1) is 0 Å². The van der Waals surface area contributed by atoms with Crippen molar-refractivity contribution in [3.8, 4) is 5.75 Å². The minimum absolute atomic E-state index is 0.158. The number of benzene rings is 2. The van der Waals surface area contributed by atoms with Gasteiger partial charge in [0.1, 0.15) is 5.75 Å². The maximum absolute atomic E-state index is 12.9. The van der Waals surface area contributed by atoms with Gasteiger partial charge in [-0.2, -0.15) is 22.0 Å². The lowest BCUT2D eigenvalue weighted by atomic mass is 10.1. The molecule has 1 amide bonds. The van der Waals surface area contributed by atoms with E-state index in [1.807, 2.05) is 0 Å². The average Bonchev–Trinajstić information content (AvgIpc) is 2.48. The summed E-state index contributed by atoms with van der Waals surface area (Å²) in [5.74, 6) is -1.43. The molecule has 0 aliphatic carbocycles. The van der Waals surface area contributed by atoms with E-state index in [-0.39, 0.29) is 11.4 Å². The molecule has 0 aromatic heterocycles. The number of halogens is 5. The van der Waals surface area contributed by atoms with Crippen LogP contribution in [-0.2, 0) is 6.18 Å². The molecule has 2 rings (SSSR count). The van der Waals surface area contributed by atoms with Crippen molar-refractivity contribution in [3.05, 3.63) is 59.7 Å². The summed E-state index contributed by atoms with van der Waals surface area (Å²) in [5, 5.41) is 2.15. The van der Waals surface area contributed by atoms with Crippen molar-refractivity contribution < 1.29 is 31.5 Å². The Hall–Kier alpha value is -2.64. The smallest absolute Gasteiger partial charge is 0.417 e. The Morgan fingerprint density at radius 3 is 2.26 bits per heavy atom. The Kier molecular flexibility index (Phi) is 4.83. The average molecular weight is 331 g/mol. The van der Waals surface area contributed by atoms with Crippen LogP contribution in [0.1, 0.15) is 15.9 Å². The Balaban J connectivity index is 2.31. The van der Waals surface area contributed by atoms with Gasteiger partial charge in [-0.3, -0.25) is 4.79 Å². The molecule has 0 heterocycles. The van der Waals surface area contributed by atoms with Gasteiger partial charge in [-0.05, 0) is 24.3 Å². The highest BCUT2D eigenvalue weighted by atomic mass is 19.4. The van der Waals surface area contributed by atoms with Crippen LogP contribution in [0.2, 0.25) is 0 Å². The molecule has 0 saturated carbocycles. The molecule has 2 aromatic rings. The predicted molar refractivity (Wildman–Crippen MR) is 72.5 cm³/mol. The summed E-state index contributed by atoms with van der Waals surface area (Å²) in [6.45, 7) is -3.13. The predicted octanol–water partition coefficient (Wildman–Crippen LogP) is 4.56. The molecule has 0 spiro atoms. The molecule has 122 valence electrons. The number of carbonyl (C=O) groups is 1. The van der Waals surface area contributed by atoms with Gasteiger partial charge in [0, 0.05) is 0 Å². The second kappa shape index (κ2) is 6.64. The largest absolute Gasteiger partial charge is 0.433 e. The van der Waals surface area contributed by atoms with Gasteiger partial charge in [-0.1, -0.05) is 24.3 Å². The highest BCUT2D eigenvalue weighted by Gasteiger charge is 2.34. The van der Waals surface area contributed by atoms with Crippen molar-refractivity contribution >= 4 is 11.6 Å². The molecule has 0 aliphatic rings. The molecule has 0 atom stereocenters. The number of ether oxygens (including phenoxy) is 1. The Labute approximate surface area is 127 Å². The molecule has 1 N–H and O–H groups in total. The van der Waals surface area contributed by atoms with E-state index >= 15 is 0 Å². The van der Waals surface area contributed by atoms with E-state index in [2.05, 4.69) is 10.1 Å². The van der Waals surface area contributed by atoms with Crippen LogP contribution in [-0.4, -0.2) is 12.5 Å². The molecule has 0 radical (unpaired) electrons. The molecule has 0 aliphatic heterocycles. The zero-order valence-electron chi connectivity index (χ0n) is 11.4. The van der Waals surface area contributed by atoms with Gasteiger partial charge in [0.15, 0.2) is 0 Å². The Morgan fingerprint density at radius 2 is 1.61 bits per heavy atom. The van der Waals surface area contributed by atoms with Crippen LogP contribution in [0.25, 0.3) is 0 Å². The van der Waals surface area contributed by atoms with Crippen molar-refractivity contribution in [1.82, 2.24) is 0 Å². The topological polar surface area (TPSA) is 38.3 Å². The third-order valence-electron chi connectivity index (χ3n) is 2.83.